The Morgan fingerprint density at radius 3 is 2.27 bits per heavy atom. The van der Waals surface area contributed by atoms with Gasteiger partial charge in [0.1, 0.15) is 0 Å². The van der Waals surface area contributed by atoms with Gasteiger partial charge in [0.05, 0.1) is 0 Å². The molecule has 2 nitrogen and oxygen atoms in total. The molecule has 0 spiro atoms. The van der Waals surface area contributed by atoms with Crippen LogP contribution < -0.4 is 3.73 Å². The van der Waals surface area contributed by atoms with Crippen LogP contribution in [0.1, 0.15) is 0 Å². The molecule has 0 aliphatic carbocycles. The van der Waals surface area contributed by atoms with E-state index in [4.69, 9.17) is 7.82 Å². The molecule has 0 saturated carbocycles. The van der Waals surface area contributed by atoms with Gasteiger partial charge in [-0.15, -0.1) is 0 Å². The second-order valence-electron chi connectivity index (χ2n) is 3.06. The fourth-order valence-electron chi connectivity index (χ4n) is 1.46. The Bertz CT molecular complexity index is 429. The zero-order chi connectivity index (χ0) is 10.5. The Balaban J connectivity index is 2.43. The molecule has 3 heteroatoms. The van der Waals surface area contributed by atoms with E-state index >= 15 is 0 Å². The average Bonchev–Trinajstić information content (AvgIpc) is 2.31. The van der Waals surface area contributed by atoms with E-state index in [1.165, 1.54) is 0 Å². The molecule has 0 radical (unpaired) electrons. The molecule has 15 heavy (non-hydrogen) atoms. The summed E-state index contributed by atoms with van der Waals surface area (Å²) in [6.07, 6.45) is 0. The van der Waals surface area contributed by atoms with E-state index in [1.54, 1.807) is 0 Å². The third-order valence-corrected chi connectivity index (χ3v) is 2.78. The van der Waals surface area contributed by atoms with Gasteiger partial charge in [-0.25, -0.2) is 0 Å². The summed E-state index contributed by atoms with van der Waals surface area (Å²) in [5, 5.41) is 0. The second-order valence-corrected chi connectivity index (χ2v) is 3.87. The molecule has 2 aromatic carbocycles. The van der Waals surface area contributed by atoms with Crippen molar-refractivity contribution in [2.24, 2.45) is 0 Å². The van der Waals surface area contributed by atoms with Crippen LogP contribution in [-0.2, 0) is 0 Å². The Morgan fingerprint density at radius 2 is 1.53 bits per heavy atom. The van der Waals surface area contributed by atoms with E-state index in [2.05, 4.69) is 0 Å². The van der Waals surface area contributed by atoms with E-state index in [0.717, 1.165) is 16.9 Å². The van der Waals surface area contributed by atoms with Crippen LogP contribution in [0.3, 0.4) is 0 Å². The van der Waals surface area contributed by atoms with Gasteiger partial charge in [-0.05, 0) is 0 Å². The fraction of sp³-hybridized carbons (Fsp3) is 0. The molecule has 0 aliphatic heterocycles. The van der Waals surface area contributed by atoms with Gasteiger partial charge in [0, 0.05) is 0 Å². The Hall–Kier alpha value is -1.24. The standard InChI is InChI=1S/C12H11AsO2/c14-13-15-12-9-5-4-8-11(12)10-6-2-1-3-7-10/h1-9,13-14H. The van der Waals surface area contributed by atoms with Crippen LogP contribution in [0.4, 0.5) is 0 Å². The molecule has 0 aliphatic rings. The van der Waals surface area contributed by atoms with Crippen LogP contribution in [0.15, 0.2) is 54.6 Å². The van der Waals surface area contributed by atoms with Gasteiger partial charge >= 0.3 is 95.7 Å². The molecule has 76 valence electrons. The van der Waals surface area contributed by atoms with Crippen molar-refractivity contribution in [2.45, 2.75) is 0 Å². The summed E-state index contributed by atoms with van der Waals surface area (Å²) < 4.78 is 14.2. The zero-order valence-corrected chi connectivity index (χ0v) is 10.1. The van der Waals surface area contributed by atoms with Gasteiger partial charge in [-0.1, -0.05) is 0 Å². The molecular formula is C12H11AsO2. The number of para-hydroxylation sites is 1. The van der Waals surface area contributed by atoms with Crippen LogP contribution in [0.2, 0.25) is 0 Å². The van der Waals surface area contributed by atoms with Crippen molar-refractivity contribution >= 4 is 16.4 Å². The molecule has 1 unspecified atom stereocenters. The van der Waals surface area contributed by atoms with Crippen molar-refractivity contribution < 1.29 is 7.82 Å². The minimum atomic E-state index is -1.30. The van der Waals surface area contributed by atoms with E-state index in [1.807, 2.05) is 54.6 Å². The SMILES string of the molecule is O[AsH]Oc1ccccc1-c1ccccc1. The van der Waals surface area contributed by atoms with Crippen LogP contribution in [0, 0.1) is 0 Å². The predicted octanol–water partition coefficient (Wildman–Crippen LogP) is 1.99. The summed E-state index contributed by atoms with van der Waals surface area (Å²) in [4.78, 5) is 0. The van der Waals surface area contributed by atoms with Gasteiger partial charge in [0.25, 0.3) is 0 Å². The molecule has 0 fully saturated rings. The minimum absolute atomic E-state index is 0.756. The molecule has 0 amide bonds. The molecule has 0 heterocycles. The summed E-state index contributed by atoms with van der Waals surface area (Å²) in [5.41, 5.74) is 2.13. The van der Waals surface area contributed by atoms with Crippen LogP contribution in [0.25, 0.3) is 11.1 Å². The van der Waals surface area contributed by atoms with Gasteiger partial charge in [0.2, 0.25) is 0 Å². The topological polar surface area (TPSA) is 29.5 Å². The fourth-order valence-corrected chi connectivity index (χ4v) is 2.04. The van der Waals surface area contributed by atoms with Crippen molar-refractivity contribution in [3.63, 3.8) is 0 Å². The van der Waals surface area contributed by atoms with Gasteiger partial charge in [0.15, 0.2) is 0 Å². The Labute approximate surface area is 95.9 Å². The first-order chi connectivity index (χ1) is 7.42. The molecule has 0 aromatic heterocycles. The first kappa shape index (κ1) is 10.3. The van der Waals surface area contributed by atoms with E-state index < -0.39 is 16.4 Å². The van der Waals surface area contributed by atoms with Crippen molar-refractivity contribution in [3.8, 4) is 16.9 Å². The normalized spacial score (nSPS) is 10.7. The Morgan fingerprint density at radius 1 is 0.867 bits per heavy atom. The summed E-state index contributed by atoms with van der Waals surface area (Å²) >= 11 is -1.30. The quantitative estimate of drug-likeness (QED) is 0.857. The number of hydrogen-bond acceptors (Lipinski definition) is 2. The monoisotopic (exact) mass is 262 g/mol. The van der Waals surface area contributed by atoms with E-state index in [-0.39, 0.29) is 0 Å². The molecular weight excluding hydrogens is 251 g/mol. The van der Waals surface area contributed by atoms with Crippen molar-refractivity contribution in [3.05, 3.63) is 54.6 Å². The Kier molecular flexibility index (Phi) is 3.44. The third kappa shape index (κ3) is 2.41. The van der Waals surface area contributed by atoms with Crippen molar-refractivity contribution in [1.29, 1.82) is 0 Å². The maximum absolute atomic E-state index is 8.89. The average molecular weight is 262 g/mol. The van der Waals surface area contributed by atoms with Crippen molar-refractivity contribution in [1.82, 2.24) is 0 Å². The molecule has 1 N–H and O–H groups in total. The summed E-state index contributed by atoms with van der Waals surface area (Å²) in [6.45, 7) is 0. The molecule has 2 aromatic rings. The summed E-state index contributed by atoms with van der Waals surface area (Å²) in [5.74, 6) is 0.756. The van der Waals surface area contributed by atoms with E-state index in [9.17, 15) is 0 Å². The molecule has 2 rings (SSSR count). The molecule has 1 atom stereocenters. The number of rotatable bonds is 3. The molecule has 0 saturated heterocycles. The first-order valence-corrected chi connectivity index (χ1v) is 6.41. The maximum atomic E-state index is 8.89. The predicted molar refractivity (Wildman–Crippen MR) is 61.9 cm³/mol. The third-order valence-electron chi connectivity index (χ3n) is 2.13. The van der Waals surface area contributed by atoms with Gasteiger partial charge in [-0.2, -0.15) is 0 Å². The van der Waals surface area contributed by atoms with Gasteiger partial charge < -0.3 is 0 Å². The zero-order valence-electron chi connectivity index (χ0n) is 8.05. The van der Waals surface area contributed by atoms with Gasteiger partial charge in [-0.3, -0.25) is 0 Å². The van der Waals surface area contributed by atoms with Crippen LogP contribution in [0.5, 0.6) is 5.75 Å². The number of benzene rings is 2. The first-order valence-electron chi connectivity index (χ1n) is 4.62. The van der Waals surface area contributed by atoms with Crippen LogP contribution in [-0.4, -0.2) is 20.5 Å². The number of hydrogen-bond donors (Lipinski definition) is 1. The van der Waals surface area contributed by atoms with E-state index in [0.29, 0.717) is 0 Å². The second kappa shape index (κ2) is 5.01. The van der Waals surface area contributed by atoms with Crippen LogP contribution >= 0.6 is 0 Å². The molecule has 0 bridgehead atoms. The van der Waals surface area contributed by atoms with Crippen molar-refractivity contribution in [2.75, 3.05) is 0 Å². The summed E-state index contributed by atoms with van der Waals surface area (Å²) in [7, 11) is 0. The summed E-state index contributed by atoms with van der Waals surface area (Å²) in [6, 6.07) is 17.7.